The number of rotatable bonds is 4. The van der Waals surface area contributed by atoms with Crippen molar-refractivity contribution in [2.75, 3.05) is 5.75 Å². The first-order valence-electron chi connectivity index (χ1n) is 6.33. The first-order valence-corrected chi connectivity index (χ1v) is 8.17. The number of carboxylic acids is 1. The maximum Gasteiger partial charge on any atom is 0.327 e. The van der Waals surface area contributed by atoms with Crippen LogP contribution in [0.15, 0.2) is 22.9 Å². The Balaban J connectivity index is 2.29. The zero-order valence-electron chi connectivity index (χ0n) is 11.0. The van der Waals surface area contributed by atoms with Gasteiger partial charge in [0.25, 0.3) is 5.91 Å². The Morgan fingerprint density at radius 2 is 2.35 bits per heavy atom. The summed E-state index contributed by atoms with van der Waals surface area (Å²) < 4.78 is 0.564. The molecule has 0 radical (unpaired) electrons. The van der Waals surface area contributed by atoms with Gasteiger partial charge in [0.05, 0.1) is 5.37 Å². The molecule has 1 N–H and O–H groups in total. The first kappa shape index (κ1) is 15.3. The highest BCUT2D eigenvalue weighted by Crippen LogP contribution is 2.33. The van der Waals surface area contributed by atoms with Gasteiger partial charge in [-0.05, 0) is 34.5 Å². The van der Waals surface area contributed by atoms with Gasteiger partial charge in [0.1, 0.15) is 10.6 Å². The molecule has 1 aromatic rings. The van der Waals surface area contributed by atoms with Crippen LogP contribution in [0.4, 0.5) is 0 Å². The molecule has 0 bridgehead atoms. The minimum absolute atomic E-state index is 0.0689. The molecule has 2 rings (SSSR count). The number of aliphatic carboxylic acids is 1. The third-order valence-corrected chi connectivity index (χ3v) is 4.91. The number of hydrogen-bond donors (Lipinski definition) is 1. The van der Waals surface area contributed by atoms with Crippen molar-refractivity contribution in [3.63, 3.8) is 0 Å². The van der Waals surface area contributed by atoms with Crippen molar-refractivity contribution in [2.45, 2.75) is 31.2 Å². The van der Waals surface area contributed by atoms with Gasteiger partial charge < -0.3 is 10.0 Å². The van der Waals surface area contributed by atoms with Crippen LogP contribution < -0.4 is 0 Å². The summed E-state index contributed by atoms with van der Waals surface area (Å²) in [5, 5.41) is 9.22. The Bertz CT molecular complexity index is 526. The predicted octanol–water partition coefficient (Wildman–Crippen LogP) is 2.61. The highest BCUT2D eigenvalue weighted by Gasteiger charge is 2.41. The SMILES string of the molecule is CCCC1SCC(C(=O)O)N1C(=O)c1ccnc(Br)c1. The van der Waals surface area contributed by atoms with E-state index >= 15 is 0 Å². The average Bonchev–Trinajstić information content (AvgIpc) is 2.82. The Labute approximate surface area is 129 Å². The van der Waals surface area contributed by atoms with Crippen molar-refractivity contribution >= 4 is 39.6 Å². The number of carbonyl (C=O) groups is 2. The number of halogens is 1. The van der Waals surface area contributed by atoms with E-state index < -0.39 is 12.0 Å². The summed E-state index contributed by atoms with van der Waals surface area (Å²) in [6.45, 7) is 2.03. The van der Waals surface area contributed by atoms with E-state index in [1.807, 2.05) is 6.92 Å². The molecule has 0 aliphatic carbocycles. The van der Waals surface area contributed by atoms with Gasteiger partial charge in [0.2, 0.25) is 0 Å². The number of amides is 1. The molecule has 0 saturated carbocycles. The molecule has 0 aromatic carbocycles. The molecule has 5 nitrogen and oxygen atoms in total. The topological polar surface area (TPSA) is 70.5 Å². The van der Waals surface area contributed by atoms with E-state index in [1.54, 1.807) is 12.1 Å². The highest BCUT2D eigenvalue weighted by atomic mass is 79.9. The Morgan fingerprint density at radius 3 is 2.95 bits per heavy atom. The molecular weight excluding hydrogens is 344 g/mol. The Hall–Kier alpha value is -1.08. The normalized spacial score (nSPS) is 22.0. The standard InChI is InChI=1S/C13H15BrN2O3S/c1-2-3-11-16(9(7-20-11)13(18)19)12(17)8-4-5-15-10(14)6-8/h4-6,9,11H,2-3,7H2,1H3,(H,18,19). The van der Waals surface area contributed by atoms with Crippen LogP contribution >= 0.6 is 27.7 Å². The summed E-state index contributed by atoms with van der Waals surface area (Å²) >= 11 is 4.76. The van der Waals surface area contributed by atoms with E-state index in [1.165, 1.54) is 22.9 Å². The number of aromatic nitrogens is 1. The molecule has 108 valence electrons. The molecule has 2 atom stereocenters. The quantitative estimate of drug-likeness (QED) is 0.837. The number of carbonyl (C=O) groups excluding carboxylic acids is 1. The van der Waals surface area contributed by atoms with Crippen LogP contribution in [0.2, 0.25) is 0 Å². The molecule has 1 amide bonds. The average molecular weight is 359 g/mol. The number of pyridine rings is 1. The second kappa shape index (κ2) is 6.58. The minimum atomic E-state index is -0.947. The molecule has 2 heterocycles. The van der Waals surface area contributed by atoms with Crippen molar-refractivity contribution in [1.82, 2.24) is 9.88 Å². The summed E-state index contributed by atoms with van der Waals surface area (Å²) in [5.74, 6) is -0.751. The fraction of sp³-hybridized carbons (Fsp3) is 0.462. The Morgan fingerprint density at radius 1 is 1.60 bits per heavy atom. The molecule has 1 aliphatic rings. The van der Waals surface area contributed by atoms with Crippen molar-refractivity contribution < 1.29 is 14.7 Å². The van der Waals surface area contributed by atoms with Gasteiger partial charge in [-0.2, -0.15) is 0 Å². The fourth-order valence-corrected chi connectivity index (χ4v) is 4.06. The smallest absolute Gasteiger partial charge is 0.327 e. The summed E-state index contributed by atoms with van der Waals surface area (Å²) in [6.07, 6.45) is 3.24. The molecule has 2 unspecified atom stereocenters. The molecule has 1 fully saturated rings. The van der Waals surface area contributed by atoms with Gasteiger partial charge in [-0.3, -0.25) is 4.79 Å². The number of carboxylic acid groups (broad SMARTS) is 1. The van der Waals surface area contributed by atoms with Gasteiger partial charge in [-0.15, -0.1) is 11.8 Å². The molecular formula is C13H15BrN2O3S. The van der Waals surface area contributed by atoms with Crippen LogP contribution in [0.3, 0.4) is 0 Å². The largest absolute Gasteiger partial charge is 0.480 e. The second-order valence-electron chi connectivity index (χ2n) is 4.51. The lowest BCUT2D eigenvalue weighted by Crippen LogP contribution is -2.45. The van der Waals surface area contributed by atoms with Crippen LogP contribution in [0.25, 0.3) is 0 Å². The highest BCUT2D eigenvalue weighted by molar-refractivity contribution is 9.10. The van der Waals surface area contributed by atoms with Crippen molar-refractivity contribution in [3.8, 4) is 0 Å². The minimum Gasteiger partial charge on any atom is -0.480 e. The van der Waals surface area contributed by atoms with Crippen LogP contribution in [0.5, 0.6) is 0 Å². The molecule has 20 heavy (non-hydrogen) atoms. The monoisotopic (exact) mass is 358 g/mol. The van der Waals surface area contributed by atoms with E-state index in [0.717, 1.165) is 12.8 Å². The van der Waals surface area contributed by atoms with Crippen LogP contribution in [-0.4, -0.2) is 44.0 Å². The summed E-state index contributed by atoms with van der Waals surface area (Å²) in [5.41, 5.74) is 0.460. The van der Waals surface area contributed by atoms with E-state index in [0.29, 0.717) is 15.9 Å². The van der Waals surface area contributed by atoms with Gasteiger partial charge in [-0.1, -0.05) is 13.3 Å². The lowest BCUT2D eigenvalue weighted by Gasteiger charge is -2.27. The molecule has 1 saturated heterocycles. The fourth-order valence-electron chi connectivity index (χ4n) is 2.18. The van der Waals surface area contributed by atoms with Gasteiger partial charge in [0, 0.05) is 17.5 Å². The number of nitrogens with zero attached hydrogens (tertiary/aromatic N) is 2. The lowest BCUT2D eigenvalue weighted by molar-refractivity contribution is -0.141. The van der Waals surface area contributed by atoms with Crippen LogP contribution in [0.1, 0.15) is 30.1 Å². The maximum atomic E-state index is 12.6. The van der Waals surface area contributed by atoms with Gasteiger partial charge in [0.15, 0.2) is 0 Å². The van der Waals surface area contributed by atoms with E-state index in [9.17, 15) is 14.7 Å². The lowest BCUT2D eigenvalue weighted by atomic mass is 10.1. The van der Waals surface area contributed by atoms with Gasteiger partial charge in [-0.25, -0.2) is 9.78 Å². The number of thioether (sulfide) groups is 1. The first-order chi connectivity index (χ1) is 9.54. The zero-order valence-corrected chi connectivity index (χ0v) is 13.4. The zero-order chi connectivity index (χ0) is 14.7. The third kappa shape index (κ3) is 3.15. The van der Waals surface area contributed by atoms with E-state index in [2.05, 4.69) is 20.9 Å². The predicted molar refractivity (Wildman–Crippen MR) is 80.7 cm³/mol. The molecule has 1 aliphatic heterocycles. The van der Waals surface area contributed by atoms with Gasteiger partial charge >= 0.3 is 5.97 Å². The maximum absolute atomic E-state index is 12.6. The van der Waals surface area contributed by atoms with Crippen molar-refractivity contribution in [3.05, 3.63) is 28.5 Å². The molecule has 1 aromatic heterocycles. The summed E-state index contributed by atoms with van der Waals surface area (Å²) in [7, 11) is 0. The number of hydrogen-bond acceptors (Lipinski definition) is 4. The Kier molecular flexibility index (Phi) is 5.04. The summed E-state index contributed by atoms with van der Waals surface area (Å²) in [4.78, 5) is 29.4. The summed E-state index contributed by atoms with van der Waals surface area (Å²) in [6, 6.07) is 2.47. The van der Waals surface area contributed by atoms with E-state index in [-0.39, 0.29) is 11.3 Å². The van der Waals surface area contributed by atoms with Crippen molar-refractivity contribution in [1.29, 1.82) is 0 Å². The van der Waals surface area contributed by atoms with E-state index in [4.69, 9.17) is 0 Å². The molecule has 0 spiro atoms. The molecule has 7 heteroatoms. The van der Waals surface area contributed by atoms with Crippen LogP contribution in [-0.2, 0) is 4.79 Å². The third-order valence-electron chi connectivity index (χ3n) is 3.12. The van der Waals surface area contributed by atoms with Crippen molar-refractivity contribution in [2.24, 2.45) is 0 Å². The van der Waals surface area contributed by atoms with Crippen LogP contribution in [0, 0.1) is 0 Å². The second-order valence-corrected chi connectivity index (χ2v) is 6.53.